The lowest BCUT2D eigenvalue weighted by atomic mass is 10.1. The van der Waals surface area contributed by atoms with Crippen molar-refractivity contribution in [2.24, 2.45) is 0 Å². The third-order valence-corrected chi connectivity index (χ3v) is 3.76. The predicted molar refractivity (Wildman–Crippen MR) is 78.9 cm³/mol. The van der Waals surface area contributed by atoms with Crippen molar-refractivity contribution in [3.05, 3.63) is 42.0 Å². The molecule has 1 aromatic carbocycles. The van der Waals surface area contributed by atoms with Crippen molar-refractivity contribution in [2.75, 3.05) is 29.4 Å². The average molecular weight is 305 g/mol. The summed E-state index contributed by atoms with van der Waals surface area (Å²) < 4.78 is 18.6. The number of halogens is 1. The molecule has 22 heavy (non-hydrogen) atoms. The molecule has 2 aromatic rings. The number of hydrogen-bond acceptors (Lipinski definition) is 5. The normalized spacial score (nSPS) is 18.5. The van der Waals surface area contributed by atoms with Crippen LogP contribution in [0.2, 0.25) is 0 Å². The summed E-state index contributed by atoms with van der Waals surface area (Å²) in [5, 5.41) is 8.89. The monoisotopic (exact) mass is 305 g/mol. The molecule has 1 N–H and O–H groups in total. The van der Waals surface area contributed by atoms with E-state index in [0.29, 0.717) is 25.6 Å². The van der Waals surface area contributed by atoms with Crippen molar-refractivity contribution >= 4 is 17.7 Å². The van der Waals surface area contributed by atoms with Crippen LogP contribution in [0.1, 0.15) is 17.4 Å². The predicted octanol–water partition coefficient (Wildman–Crippen LogP) is 2.23. The van der Waals surface area contributed by atoms with Gasteiger partial charge in [-0.1, -0.05) is 6.07 Å². The highest BCUT2D eigenvalue weighted by Gasteiger charge is 2.27. The van der Waals surface area contributed by atoms with Crippen LogP contribution in [0.5, 0.6) is 0 Å². The maximum Gasteiger partial charge on any atom is 0.357 e. The van der Waals surface area contributed by atoms with Gasteiger partial charge in [0.15, 0.2) is 5.69 Å². The maximum absolute atomic E-state index is 13.3. The van der Waals surface area contributed by atoms with Gasteiger partial charge in [-0.05, 0) is 25.1 Å². The molecule has 1 atom stereocenters. The fourth-order valence-corrected chi connectivity index (χ4v) is 2.64. The summed E-state index contributed by atoms with van der Waals surface area (Å²) in [4.78, 5) is 18.8. The summed E-state index contributed by atoms with van der Waals surface area (Å²) >= 11 is 0. The van der Waals surface area contributed by atoms with E-state index in [-0.39, 0.29) is 17.6 Å². The first-order valence-electron chi connectivity index (χ1n) is 7.00. The third-order valence-electron chi connectivity index (χ3n) is 3.76. The van der Waals surface area contributed by atoms with Gasteiger partial charge in [0.05, 0.1) is 0 Å². The van der Waals surface area contributed by atoms with Crippen molar-refractivity contribution in [1.29, 1.82) is 0 Å². The fraction of sp³-hybridized carbons (Fsp3) is 0.333. The number of aromatic nitrogens is 1. The van der Waals surface area contributed by atoms with Crippen molar-refractivity contribution in [1.82, 2.24) is 4.98 Å². The van der Waals surface area contributed by atoms with Gasteiger partial charge >= 0.3 is 5.97 Å². The fourth-order valence-electron chi connectivity index (χ4n) is 2.64. The van der Waals surface area contributed by atoms with E-state index in [1.165, 1.54) is 12.1 Å². The first kappa shape index (κ1) is 14.4. The molecular formula is C15H16FN3O3. The number of piperazine rings is 1. The standard InChI is InChI=1S/C15H16FN3O3/c1-10-8-18(12-4-2-3-11(16)7-12)5-6-19(10)15-17-13(9-22-15)14(20)21/h2-4,7,9-10H,5-6,8H2,1H3,(H,20,21). The van der Waals surface area contributed by atoms with Crippen LogP contribution in [0, 0.1) is 5.82 Å². The molecule has 0 bridgehead atoms. The summed E-state index contributed by atoms with van der Waals surface area (Å²) in [6.07, 6.45) is 1.14. The molecule has 116 valence electrons. The summed E-state index contributed by atoms with van der Waals surface area (Å²) in [6, 6.07) is 6.87. The molecule has 7 heteroatoms. The Hall–Kier alpha value is -2.57. The van der Waals surface area contributed by atoms with Gasteiger partial charge < -0.3 is 19.3 Å². The van der Waals surface area contributed by atoms with Crippen LogP contribution < -0.4 is 9.80 Å². The van der Waals surface area contributed by atoms with E-state index in [2.05, 4.69) is 9.88 Å². The molecule has 1 saturated heterocycles. The van der Waals surface area contributed by atoms with Gasteiger partial charge in [0, 0.05) is 31.4 Å². The molecular weight excluding hydrogens is 289 g/mol. The number of aromatic carboxylic acids is 1. The van der Waals surface area contributed by atoms with Crippen molar-refractivity contribution in [3.8, 4) is 0 Å². The van der Waals surface area contributed by atoms with Crippen LogP contribution in [0.3, 0.4) is 0 Å². The van der Waals surface area contributed by atoms with Crippen LogP contribution in [0.4, 0.5) is 16.1 Å². The Kier molecular flexibility index (Phi) is 3.70. The number of oxazole rings is 1. The molecule has 1 aliphatic rings. The molecule has 1 unspecified atom stereocenters. The average Bonchev–Trinajstić information content (AvgIpc) is 2.97. The third kappa shape index (κ3) is 2.74. The minimum absolute atomic E-state index is 0.0670. The lowest BCUT2D eigenvalue weighted by molar-refractivity contribution is 0.0690. The number of benzene rings is 1. The Morgan fingerprint density at radius 2 is 2.27 bits per heavy atom. The topological polar surface area (TPSA) is 69.8 Å². The molecule has 0 saturated carbocycles. The van der Waals surface area contributed by atoms with Gasteiger partial charge in [-0.3, -0.25) is 0 Å². The molecule has 0 radical (unpaired) electrons. The van der Waals surface area contributed by atoms with E-state index in [9.17, 15) is 9.18 Å². The van der Waals surface area contributed by atoms with Crippen molar-refractivity contribution in [3.63, 3.8) is 0 Å². The van der Waals surface area contributed by atoms with Gasteiger partial charge in [-0.15, -0.1) is 0 Å². The molecule has 1 fully saturated rings. The summed E-state index contributed by atoms with van der Waals surface area (Å²) in [5.74, 6) is -1.37. The number of rotatable bonds is 3. The van der Waals surface area contributed by atoms with E-state index < -0.39 is 5.97 Å². The van der Waals surface area contributed by atoms with E-state index in [1.54, 1.807) is 6.07 Å². The zero-order valence-electron chi connectivity index (χ0n) is 12.1. The smallest absolute Gasteiger partial charge is 0.357 e. The molecule has 0 amide bonds. The highest BCUT2D eigenvalue weighted by Crippen LogP contribution is 2.24. The first-order valence-corrected chi connectivity index (χ1v) is 7.00. The molecule has 0 spiro atoms. The lowest BCUT2D eigenvalue weighted by Gasteiger charge is -2.40. The van der Waals surface area contributed by atoms with Gasteiger partial charge in [-0.25, -0.2) is 9.18 Å². The minimum atomic E-state index is -1.11. The Morgan fingerprint density at radius 3 is 2.91 bits per heavy atom. The Balaban J connectivity index is 1.73. The largest absolute Gasteiger partial charge is 0.476 e. The van der Waals surface area contributed by atoms with Crippen LogP contribution in [-0.4, -0.2) is 41.7 Å². The van der Waals surface area contributed by atoms with Gasteiger partial charge in [0.1, 0.15) is 12.1 Å². The molecule has 2 heterocycles. The Morgan fingerprint density at radius 1 is 1.45 bits per heavy atom. The van der Waals surface area contributed by atoms with E-state index in [4.69, 9.17) is 9.52 Å². The summed E-state index contributed by atoms with van der Waals surface area (Å²) in [7, 11) is 0. The maximum atomic E-state index is 13.3. The Bertz CT molecular complexity index is 688. The molecule has 1 aromatic heterocycles. The number of hydrogen-bond donors (Lipinski definition) is 1. The van der Waals surface area contributed by atoms with Crippen LogP contribution in [0.25, 0.3) is 0 Å². The quantitative estimate of drug-likeness (QED) is 0.937. The number of carbonyl (C=O) groups is 1. The zero-order valence-corrected chi connectivity index (χ0v) is 12.1. The number of carboxylic acid groups (broad SMARTS) is 1. The molecule has 1 aliphatic heterocycles. The van der Waals surface area contributed by atoms with Crippen LogP contribution in [-0.2, 0) is 0 Å². The zero-order chi connectivity index (χ0) is 15.7. The molecule has 0 aliphatic carbocycles. The van der Waals surface area contributed by atoms with Crippen molar-refractivity contribution in [2.45, 2.75) is 13.0 Å². The highest BCUT2D eigenvalue weighted by atomic mass is 19.1. The second-order valence-corrected chi connectivity index (χ2v) is 5.29. The summed E-state index contributed by atoms with van der Waals surface area (Å²) in [5.41, 5.74) is 0.736. The van der Waals surface area contributed by atoms with Crippen LogP contribution in [0.15, 0.2) is 34.9 Å². The number of anilines is 2. The SMILES string of the molecule is CC1CN(c2cccc(F)c2)CCN1c1nc(C(=O)O)co1. The van der Waals surface area contributed by atoms with Crippen molar-refractivity contribution < 1.29 is 18.7 Å². The van der Waals surface area contributed by atoms with E-state index >= 15 is 0 Å². The second kappa shape index (κ2) is 5.67. The second-order valence-electron chi connectivity index (χ2n) is 5.29. The number of carboxylic acids is 1. The minimum Gasteiger partial charge on any atom is -0.476 e. The van der Waals surface area contributed by atoms with E-state index in [1.807, 2.05) is 17.9 Å². The van der Waals surface area contributed by atoms with E-state index in [0.717, 1.165) is 12.0 Å². The lowest BCUT2D eigenvalue weighted by Crippen LogP contribution is -2.52. The molecule has 6 nitrogen and oxygen atoms in total. The molecule has 3 rings (SSSR count). The van der Waals surface area contributed by atoms with Gasteiger partial charge in [0.25, 0.3) is 6.01 Å². The highest BCUT2D eigenvalue weighted by molar-refractivity contribution is 5.85. The first-order chi connectivity index (χ1) is 10.5. The Labute approximate surface area is 126 Å². The van der Waals surface area contributed by atoms with Gasteiger partial charge in [-0.2, -0.15) is 4.98 Å². The summed E-state index contributed by atoms with van der Waals surface area (Å²) in [6.45, 7) is 3.97. The van der Waals surface area contributed by atoms with Gasteiger partial charge in [0.2, 0.25) is 0 Å². The van der Waals surface area contributed by atoms with Crippen LogP contribution >= 0.6 is 0 Å². The number of nitrogens with zero attached hydrogens (tertiary/aromatic N) is 3.